The highest BCUT2D eigenvalue weighted by atomic mass is 16.5. The minimum Gasteiger partial charge on any atom is -0.382 e. The van der Waals surface area contributed by atoms with Crippen LogP contribution in [0.2, 0.25) is 0 Å². The van der Waals surface area contributed by atoms with Gasteiger partial charge in [0.05, 0.1) is 11.9 Å². The number of benzene rings is 1. The van der Waals surface area contributed by atoms with Crippen molar-refractivity contribution in [2.45, 2.75) is 37.6 Å². The molecule has 2 fully saturated rings. The number of rotatable bonds is 4. The van der Waals surface area contributed by atoms with Crippen molar-refractivity contribution < 1.29 is 4.74 Å². The number of nitrogen functional groups attached to an aromatic ring is 1. The van der Waals surface area contributed by atoms with Gasteiger partial charge < -0.3 is 15.8 Å². The first kappa shape index (κ1) is 19.2. The zero-order chi connectivity index (χ0) is 20.3. The minimum absolute atomic E-state index is 0.407. The average molecular weight is 402 g/mol. The third kappa shape index (κ3) is 3.80. The predicted molar refractivity (Wildman–Crippen MR) is 118 cm³/mol. The van der Waals surface area contributed by atoms with Gasteiger partial charge in [0.15, 0.2) is 0 Å². The fourth-order valence-electron chi connectivity index (χ4n) is 4.63. The maximum atomic E-state index is 6.13. The summed E-state index contributed by atoms with van der Waals surface area (Å²) in [6.45, 7) is 2.78. The fraction of sp³-hybridized carbons (Fsp3) is 0.375. The molecule has 5 rings (SSSR count). The van der Waals surface area contributed by atoms with Crippen molar-refractivity contribution in [3.63, 3.8) is 0 Å². The Morgan fingerprint density at radius 1 is 0.967 bits per heavy atom. The zero-order valence-electron chi connectivity index (χ0n) is 17.1. The van der Waals surface area contributed by atoms with Gasteiger partial charge in [-0.3, -0.25) is 4.98 Å². The molecular formula is C24H27N5O. The summed E-state index contributed by atoms with van der Waals surface area (Å²) in [7, 11) is 0. The summed E-state index contributed by atoms with van der Waals surface area (Å²) in [5.74, 6) is 0.997. The molecule has 3 N–H and O–H groups in total. The molecular weight excluding hydrogens is 374 g/mol. The highest BCUT2D eigenvalue weighted by Gasteiger charge is 2.25. The third-order valence-corrected chi connectivity index (χ3v) is 6.23. The van der Waals surface area contributed by atoms with Crippen LogP contribution in [0.5, 0.6) is 0 Å². The quantitative estimate of drug-likeness (QED) is 0.684. The van der Waals surface area contributed by atoms with Crippen LogP contribution >= 0.6 is 0 Å². The van der Waals surface area contributed by atoms with E-state index in [1.54, 1.807) is 18.6 Å². The topological polar surface area (TPSA) is 86.0 Å². The lowest BCUT2D eigenvalue weighted by atomic mass is 9.84. The maximum absolute atomic E-state index is 6.13. The highest BCUT2D eigenvalue weighted by molar-refractivity contribution is 5.73. The molecule has 0 spiro atoms. The van der Waals surface area contributed by atoms with Crippen LogP contribution in [0, 0.1) is 0 Å². The summed E-state index contributed by atoms with van der Waals surface area (Å²) in [4.78, 5) is 13.4. The van der Waals surface area contributed by atoms with Crippen LogP contribution in [-0.4, -0.2) is 34.7 Å². The Morgan fingerprint density at radius 3 is 2.57 bits per heavy atom. The van der Waals surface area contributed by atoms with Crippen LogP contribution in [0.15, 0.2) is 48.9 Å². The van der Waals surface area contributed by atoms with Crippen LogP contribution < -0.4 is 11.1 Å². The molecule has 0 bridgehead atoms. The number of aromatic nitrogens is 3. The van der Waals surface area contributed by atoms with Gasteiger partial charge >= 0.3 is 0 Å². The first-order valence-electron chi connectivity index (χ1n) is 10.8. The van der Waals surface area contributed by atoms with E-state index < -0.39 is 0 Å². The molecule has 154 valence electrons. The molecule has 3 aromatic rings. The number of nitrogens with zero attached hydrogens (tertiary/aromatic N) is 3. The molecule has 0 amide bonds. The van der Waals surface area contributed by atoms with E-state index in [0.717, 1.165) is 49.4 Å². The van der Waals surface area contributed by atoms with Crippen LogP contribution in [0.25, 0.3) is 22.5 Å². The van der Waals surface area contributed by atoms with Gasteiger partial charge in [0.25, 0.3) is 0 Å². The number of hydrogen-bond donors (Lipinski definition) is 2. The van der Waals surface area contributed by atoms with E-state index in [4.69, 9.17) is 15.5 Å². The van der Waals surface area contributed by atoms with Crippen molar-refractivity contribution in [3.8, 4) is 22.5 Å². The summed E-state index contributed by atoms with van der Waals surface area (Å²) in [5, 5.41) is 3.68. The number of nitrogens with two attached hydrogens (primary N) is 1. The Kier molecular flexibility index (Phi) is 5.43. The SMILES string of the molecule is Nc1ncc(-c2ccc(C3CCOCC3)c([C@@H]3CCCN3)c2)nc1-c1ccncc1. The van der Waals surface area contributed by atoms with Crippen molar-refractivity contribution in [3.05, 3.63) is 60.0 Å². The summed E-state index contributed by atoms with van der Waals surface area (Å²) in [5.41, 5.74) is 12.5. The average Bonchev–Trinajstić information content (AvgIpc) is 3.35. The van der Waals surface area contributed by atoms with E-state index in [-0.39, 0.29) is 0 Å². The molecule has 2 aromatic heterocycles. The Bertz CT molecular complexity index is 1010. The molecule has 6 heteroatoms. The minimum atomic E-state index is 0.407. The van der Waals surface area contributed by atoms with Crippen LogP contribution in [0.3, 0.4) is 0 Å². The largest absolute Gasteiger partial charge is 0.382 e. The Hall–Kier alpha value is -2.83. The molecule has 6 nitrogen and oxygen atoms in total. The second-order valence-corrected chi connectivity index (χ2v) is 8.10. The number of hydrogen-bond acceptors (Lipinski definition) is 6. The maximum Gasteiger partial charge on any atom is 0.150 e. The molecule has 4 heterocycles. The summed E-state index contributed by atoms with van der Waals surface area (Å²) < 4.78 is 5.60. The lowest BCUT2D eigenvalue weighted by Crippen LogP contribution is -2.19. The summed E-state index contributed by atoms with van der Waals surface area (Å²) in [6, 6.07) is 11.0. The monoisotopic (exact) mass is 401 g/mol. The molecule has 0 saturated carbocycles. The normalized spacial score (nSPS) is 19.8. The summed E-state index contributed by atoms with van der Waals surface area (Å²) >= 11 is 0. The molecule has 0 aliphatic carbocycles. The first-order valence-corrected chi connectivity index (χ1v) is 10.8. The Morgan fingerprint density at radius 2 is 1.80 bits per heavy atom. The second-order valence-electron chi connectivity index (χ2n) is 8.10. The number of anilines is 1. The highest BCUT2D eigenvalue weighted by Crippen LogP contribution is 2.37. The van der Waals surface area contributed by atoms with E-state index in [1.165, 1.54) is 24.0 Å². The smallest absolute Gasteiger partial charge is 0.150 e. The van der Waals surface area contributed by atoms with Crippen molar-refractivity contribution in [2.75, 3.05) is 25.5 Å². The Balaban J connectivity index is 1.55. The molecule has 2 aliphatic rings. The first-order chi connectivity index (χ1) is 14.8. The molecule has 30 heavy (non-hydrogen) atoms. The van der Waals surface area contributed by atoms with Gasteiger partial charge in [0, 0.05) is 42.8 Å². The van der Waals surface area contributed by atoms with Gasteiger partial charge in [-0.25, -0.2) is 9.97 Å². The molecule has 2 saturated heterocycles. The van der Waals surface area contributed by atoms with Crippen molar-refractivity contribution in [1.29, 1.82) is 0 Å². The van der Waals surface area contributed by atoms with Gasteiger partial charge in [-0.05, 0) is 67.5 Å². The lowest BCUT2D eigenvalue weighted by molar-refractivity contribution is 0.0851. The number of pyridine rings is 1. The van der Waals surface area contributed by atoms with Gasteiger partial charge in [-0.2, -0.15) is 0 Å². The molecule has 0 radical (unpaired) electrons. The molecule has 1 atom stereocenters. The lowest BCUT2D eigenvalue weighted by Gasteiger charge is -2.27. The zero-order valence-corrected chi connectivity index (χ0v) is 17.1. The van der Waals surface area contributed by atoms with E-state index in [1.807, 2.05) is 12.1 Å². The fourth-order valence-corrected chi connectivity index (χ4v) is 4.63. The van der Waals surface area contributed by atoms with Gasteiger partial charge in [-0.15, -0.1) is 0 Å². The number of nitrogens with one attached hydrogen (secondary N) is 1. The van der Waals surface area contributed by atoms with Gasteiger partial charge in [0.1, 0.15) is 11.5 Å². The predicted octanol–water partition coefficient (Wildman–Crippen LogP) is 4.11. The van der Waals surface area contributed by atoms with E-state index in [0.29, 0.717) is 23.5 Å². The van der Waals surface area contributed by atoms with Crippen molar-refractivity contribution in [2.24, 2.45) is 0 Å². The van der Waals surface area contributed by atoms with Crippen LogP contribution in [-0.2, 0) is 4.74 Å². The molecule has 2 aliphatic heterocycles. The standard InChI is InChI=1S/C24H27N5O/c25-24-23(17-5-10-26-11-6-17)29-22(15-28-24)18-3-4-19(16-7-12-30-13-8-16)20(14-18)21-2-1-9-27-21/h3-6,10-11,14-16,21,27H,1-2,7-9,12-13H2,(H2,25,28)/t21-/m0/s1. The summed E-state index contributed by atoms with van der Waals surface area (Å²) in [6.07, 6.45) is 9.84. The van der Waals surface area contributed by atoms with Crippen molar-refractivity contribution in [1.82, 2.24) is 20.3 Å². The van der Waals surface area contributed by atoms with Crippen LogP contribution in [0.1, 0.15) is 48.8 Å². The second kappa shape index (κ2) is 8.50. The third-order valence-electron chi connectivity index (χ3n) is 6.23. The van der Waals surface area contributed by atoms with Crippen LogP contribution in [0.4, 0.5) is 5.82 Å². The molecule has 0 unspecified atom stereocenters. The van der Waals surface area contributed by atoms with Gasteiger partial charge in [-0.1, -0.05) is 12.1 Å². The van der Waals surface area contributed by atoms with E-state index in [9.17, 15) is 0 Å². The number of ether oxygens (including phenoxy) is 1. The van der Waals surface area contributed by atoms with Gasteiger partial charge in [0.2, 0.25) is 0 Å². The molecule has 1 aromatic carbocycles. The Labute approximate surface area is 176 Å². The van der Waals surface area contributed by atoms with Crippen molar-refractivity contribution >= 4 is 5.82 Å². The van der Waals surface area contributed by atoms with E-state index in [2.05, 4.69) is 33.5 Å². The van der Waals surface area contributed by atoms with E-state index >= 15 is 0 Å².